The van der Waals surface area contributed by atoms with Crippen molar-refractivity contribution in [2.24, 2.45) is 0 Å². The molecule has 0 aliphatic heterocycles. The first-order chi connectivity index (χ1) is 7.94. The number of halogens is 1. The highest BCUT2D eigenvalue weighted by molar-refractivity contribution is 5.18. The molecule has 0 saturated carbocycles. The van der Waals surface area contributed by atoms with E-state index < -0.39 is 5.60 Å². The first kappa shape index (κ1) is 14.1. The lowest BCUT2D eigenvalue weighted by Crippen LogP contribution is -2.41. The van der Waals surface area contributed by atoms with Crippen LogP contribution >= 0.6 is 0 Å². The second-order valence-electron chi connectivity index (χ2n) is 4.93. The van der Waals surface area contributed by atoms with E-state index in [1.165, 1.54) is 6.07 Å². The number of aliphatic hydroxyl groups is 1. The maximum Gasteiger partial charge on any atom is 0.126 e. The summed E-state index contributed by atoms with van der Waals surface area (Å²) < 4.78 is 13.4. The molecular formula is C14H22FNO. The Bertz CT molecular complexity index is 352. The summed E-state index contributed by atoms with van der Waals surface area (Å²) in [5, 5.41) is 13.1. The minimum absolute atomic E-state index is 0.143. The van der Waals surface area contributed by atoms with Crippen LogP contribution in [0.1, 0.15) is 32.8 Å². The van der Waals surface area contributed by atoms with Crippen LogP contribution in [-0.2, 0) is 6.42 Å². The lowest BCUT2D eigenvalue weighted by Gasteiger charge is -2.24. The molecule has 1 aromatic rings. The molecule has 0 aromatic heterocycles. The molecule has 96 valence electrons. The summed E-state index contributed by atoms with van der Waals surface area (Å²) in [6, 6.07) is 6.95. The molecule has 0 amide bonds. The van der Waals surface area contributed by atoms with Crippen LogP contribution in [0.25, 0.3) is 0 Å². The van der Waals surface area contributed by atoms with Crippen molar-refractivity contribution in [1.82, 2.24) is 5.32 Å². The minimum Gasteiger partial charge on any atom is -0.389 e. The van der Waals surface area contributed by atoms with Crippen molar-refractivity contribution in [3.8, 4) is 0 Å². The number of nitrogens with one attached hydrogen (secondary N) is 1. The molecule has 2 nitrogen and oxygen atoms in total. The lowest BCUT2D eigenvalue weighted by molar-refractivity contribution is 0.0533. The monoisotopic (exact) mass is 239 g/mol. The molecule has 0 radical (unpaired) electrons. The van der Waals surface area contributed by atoms with E-state index in [1.807, 2.05) is 19.9 Å². The molecule has 0 aliphatic carbocycles. The summed E-state index contributed by atoms with van der Waals surface area (Å²) in [7, 11) is 0. The van der Waals surface area contributed by atoms with Crippen molar-refractivity contribution in [2.45, 2.75) is 45.3 Å². The lowest BCUT2D eigenvalue weighted by atomic mass is 10.0. The molecule has 2 N–H and O–H groups in total. The van der Waals surface area contributed by atoms with E-state index in [2.05, 4.69) is 5.32 Å². The van der Waals surface area contributed by atoms with E-state index in [9.17, 15) is 9.50 Å². The van der Waals surface area contributed by atoms with Crippen molar-refractivity contribution in [1.29, 1.82) is 0 Å². The molecule has 0 fully saturated rings. The molecule has 0 bridgehead atoms. The third kappa shape index (κ3) is 4.84. The maximum atomic E-state index is 13.4. The Morgan fingerprint density at radius 2 is 2.06 bits per heavy atom. The Morgan fingerprint density at radius 1 is 1.41 bits per heavy atom. The molecule has 0 saturated heterocycles. The SMILES string of the molecule is CCC(C)(O)CNC(C)Cc1ccccc1F. The van der Waals surface area contributed by atoms with Crippen LogP contribution in [-0.4, -0.2) is 23.3 Å². The summed E-state index contributed by atoms with van der Waals surface area (Å²) in [5.74, 6) is -0.164. The Morgan fingerprint density at radius 3 is 2.65 bits per heavy atom. The number of hydrogen-bond donors (Lipinski definition) is 2. The maximum absolute atomic E-state index is 13.4. The molecule has 3 heteroatoms. The zero-order valence-electron chi connectivity index (χ0n) is 10.8. The van der Waals surface area contributed by atoms with Crippen molar-refractivity contribution in [3.05, 3.63) is 35.6 Å². The van der Waals surface area contributed by atoms with Gasteiger partial charge >= 0.3 is 0 Å². The van der Waals surface area contributed by atoms with Gasteiger partial charge in [-0.25, -0.2) is 4.39 Å². The Hall–Kier alpha value is -0.930. The van der Waals surface area contributed by atoms with Gasteiger partial charge in [0, 0.05) is 12.6 Å². The topological polar surface area (TPSA) is 32.3 Å². The zero-order valence-corrected chi connectivity index (χ0v) is 10.8. The predicted octanol–water partition coefficient (Wildman–Crippen LogP) is 2.51. The fraction of sp³-hybridized carbons (Fsp3) is 0.571. The molecule has 0 heterocycles. The second-order valence-corrected chi connectivity index (χ2v) is 4.93. The quantitative estimate of drug-likeness (QED) is 0.799. The Balaban J connectivity index is 2.45. The van der Waals surface area contributed by atoms with E-state index in [4.69, 9.17) is 0 Å². The van der Waals surface area contributed by atoms with E-state index in [1.54, 1.807) is 19.1 Å². The molecule has 2 unspecified atom stereocenters. The predicted molar refractivity (Wildman–Crippen MR) is 68.5 cm³/mol. The van der Waals surface area contributed by atoms with Gasteiger partial charge in [0.15, 0.2) is 0 Å². The van der Waals surface area contributed by atoms with Gasteiger partial charge in [-0.3, -0.25) is 0 Å². The average Bonchev–Trinajstić information content (AvgIpc) is 2.30. The third-order valence-corrected chi connectivity index (χ3v) is 3.08. The fourth-order valence-electron chi connectivity index (χ4n) is 1.59. The van der Waals surface area contributed by atoms with Crippen LogP contribution in [0.15, 0.2) is 24.3 Å². The molecule has 1 aromatic carbocycles. The van der Waals surface area contributed by atoms with Gasteiger partial charge in [-0.2, -0.15) is 0 Å². The number of hydrogen-bond acceptors (Lipinski definition) is 2. The van der Waals surface area contributed by atoms with Crippen LogP contribution < -0.4 is 5.32 Å². The van der Waals surface area contributed by atoms with E-state index in [-0.39, 0.29) is 11.9 Å². The van der Waals surface area contributed by atoms with Gasteiger partial charge < -0.3 is 10.4 Å². The van der Waals surface area contributed by atoms with Crippen LogP contribution in [0.4, 0.5) is 4.39 Å². The summed E-state index contributed by atoms with van der Waals surface area (Å²) in [4.78, 5) is 0. The largest absolute Gasteiger partial charge is 0.389 e. The van der Waals surface area contributed by atoms with Gasteiger partial charge in [0.25, 0.3) is 0 Å². The molecule has 0 aliphatic rings. The first-order valence-corrected chi connectivity index (χ1v) is 6.14. The zero-order chi connectivity index (χ0) is 12.9. The van der Waals surface area contributed by atoms with Crippen molar-refractivity contribution in [2.75, 3.05) is 6.54 Å². The smallest absolute Gasteiger partial charge is 0.126 e. The second kappa shape index (κ2) is 6.12. The van der Waals surface area contributed by atoms with Crippen molar-refractivity contribution < 1.29 is 9.50 Å². The average molecular weight is 239 g/mol. The first-order valence-electron chi connectivity index (χ1n) is 6.14. The van der Waals surface area contributed by atoms with Gasteiger partial charge in [-0.1, -0.05) is 25.1 Å². The Kier molecular flexibility index (Phi) is 5.09. The minimum atomic E-state index is -0.691. The van der Waals surface area contributed by atoms with E-state index in [0.29, 0.717) is 24.9 Å². The fourth-order valence-corrected chi connectivity index (χ4v) is 1.59. The standard InChI is InChI=1S/C14H22FNO/c1-4-14(3,17)10-16-11(2)9-12-7-5-6-8-13(12)15/h5-8,11,16-17H,4,9-10H2,1-3H3. The molecule has 2 atom stereocenters. The highest BCUT2D eigenvalue weighted by Crippen LogP contribution is 2.10. The van der Waals surface area contributed by atoms with Gasteiger partial charge in [-0.05, 0) is 38.3 Å². The molecular weight excluding hydrogens is 217 g/mol. The Labute approximate surface area is 103 Å². The van der Waals surface area contributed by atoms with Crippen LogP contribution in [0.2, 0.25) is 0 Å². The summed E-state index contributed by atoms with van der Waals surface area (Å²) in [5.41, 5.74) is 0.0207. The van der Waals surface area contributed by atoms with E-state index >= 15 is 0 Å². The number of rotatable bonds is 6. The normalized spacial score (nSPS) is 16.5. The van der Waals surface area contributed by atoms with Gasteiger partial charge in [0.1, 0.15) is 5.82 Å². The van der Waals surface area contributed by atoms with E-state index in [0.717, 1.165) is 0 Å². The molecule has 17 heavy (non-hydrogen) atoms. The molecule has 1 rings (SSSR count). The summed E-state index contributed by atoms with van der Waals surface area (Å²) in [6.45, 7) is 6.27. The van der Waals surface area contributed by atoms with Gasteiger partial charge in [0.2, 0.25) is 0 Å². The van der Waals surface area contributed by atoms with Crippen LogP contribution in [0.5, 0.6) is 0 Å². The number of benzene rings is 1. The summed E-state index contributed by atoms with van der Waals surface area (Å²) in [6.07, 6.45) is 1.33. The van der Waals surface area contributed by atoms with Gasteiger partial charge in [-0.15, -0.1) is 0 Å². The summed E-state index contributed by atoms with van der Waals surface area (Å²) >= 11 is 0. The van der Waals surface area contributed by atoms with Crippen LogP contribution in [0.3, 0.4) is 0 Å². The van der Waals surface area contributed by atoms with Crippen LogP contribution in [0, 0.1) is 5.82 Å². The highest BCUT2D eigenvalue weighted by atomic mass is 19.1. The molecule has 0 spiro atoms. The van der Waals surface area contributed by atoms with Gasteiger partial charge in [0.05, 0.1) is 5.60 Å². The van der Waals surface area contributed by atoms with Crippen molar-refractivity contribution >= 4 is 0 Å². The third-order valence-electron chi connectivity index (χ3n) is 3.08. The highest BCUT2D eigenvalue weighted by Gasteiger charge is 2.18. The van der Waals surface area contributed by atoms with Crippen molar-refractivity contribution in [3.63, 3.8) is 0 Å².